The van der Waals surface area contributed by atoms with E-state index in [0.717, 1.165) is 18.2 Å². The van der Waals surface area contributed by atoms with Crippen LogP contribution < -0.4 is 19.5 Å². The number of rotatable bonds is 8. The van der Waals surface area contributed by atoms with Gasteiger partial charge in [0.25, 0.3) is 21.6 Å². The first kappa shape index (κ1) is 27.5. The topological polar surface area (TPSA) is 153 Å². The van der Waals surface area contributed by atoms with Gasteiger partial charge < -0.3 is 19.8 Å². The molecule has 0 bridgehead atoms. The molecule has 0 saturated heterocycles. The van der Waals surface area contributed by atoms with Gasteiger partial charge in [-0.2, -0.15) is 0 Å². The summed E-state index contributed by atoms with van der Waals surface area (Å²) in [6.45, 7) is 0. The number of ether oxygens (including phenoxy) is 2. The van der Waals surface area contributed by atoms with Gasteiger partial charge in [0.05, 0.1) is 22.0 Å². The van der Waals surface area contributed by atoms with Gasteiger partial charge in [-0.05, 0) is 54.6 Å². The first-order chi connectivity index (χ1) is 18.3. The van der Waals surface area contributed by atoms with Crippen molar-refractivity contribution in [3.63, 3.8) is 0 Å². The molecule has 4 rings (SSSR count). The van der Waals surface area contributed by atoms with E-state index in [1.165, 1.54) is 49.6 Å². The van der Waals surface area contributed by atoms with E-state index in [-0.39, 0.29) is 37.9 Å². The minimum atomic E-state index is -4.95. The van der Waals surface area contributed by atoms with Crippen LogP contribution >= 0.6 is 11.6 Å². The van der Waals surface area contributed by atoms with E-state index in [1.807, 2.05) is 4.72 Å². The van der Waals surface area contributed by atoms with Crippen LogP contribution in [0.4, 0.5) is 30.2 Å². The van der Waals surface area contributed by atoms with Gasteiger partial charge in [-0.1, -0.05) is 11.6 Å². The average Bonchev–Trinajstić information content (AvgIpc) is 3.31. The summed E-state index contributed by atoms with van der Waals surface area (Å²) >= 11 is 5.88. The average molecular weight is 585 g/mol. The van der Waals surface area contributed by atoms with Crippen molar-refractivity contribution in [3.8, 4) is 11.5 Å². The van der Waals surface area contributed by atoms with Crippen LogP contribution in [0.25, 0.3) is 10.9 Å². The molecule has 4 aromatic rings. The molecule has 0 unspecified atom stereocenters. The Hall–Kier alpha value is -4.50. The molecular formula is C23H16ClF3N4O7S. The second-order valence-corrected chi connectivity index (χ2v) is 9.88. The maximum atomic E-state index is 12.8. The van der Waals surface area contributed by atoms with Crippen molar-refractivity contribution >= 4 is 55.5 Å². The summed E-state index contributed by atoms with van der Waals surface area (Å²) in [6, 6.07) is 12.2. The van der Waals surface area contributed by atoms with Gasteiger partial charge in [-0.3, -0.25) is 14.9 Å². The molecule has 0 atom stereocenters. The SMILES string of the molecule is COc1ccc(S(=O)(=O)NC(=O)c2cc3c(Nc4ccc(OC(F)(F)F)c(Cl)c4)ccc([N+](=O)[O-])c3[nH]2)cc1. The smallest absolute Gasteiger partial charge is 0.497 e. The number of carbonyl (C=O) groups excluding carboxylic acids is 1. The highest BCUT2D eigenvalue weighted by atomic mass is 35.5. The van der Waals surface area contributed by atoms with Crippen molar-refractivity contribution in [2.75, 3.05) is 12.4 Å². The lowest BCUT2D eigenvalue weighted by Crippen LogP contribution is -2.30. The fraction of sp³-hybridized carbons (Fsp3) is 0.0870. The molecule has 204 valence electrons. The third kappa shape index (κ3) is 6.15. The summed E-state index contributed by atoms with van der Waals surface area (Å²) < 4.78 is 73.5. The number of methoxy groups -OCH3 is 1. The van der Waals surface area contributed by atoms with Crippen molar-refractivity contribution in [1.29, 1.82) is 0 Å². The Morgan fingerprint density at radius 2 is 1.77 bits per heavy atom. The third-order valence-electron chi connectivity index (χ3n) is 5.25. The monoisotopic (exact) mass is 584 g/mol. The molecule has 0 radical (unpaired) electrons. The van der Waals surface area contributed by atoms with Gasteiger partial charge in [-0.25, -0.2) is 13.1 Å². The third-order valence-corrected chi connectivity index (χ3v) is 6.89. The van der Waals surface area contributed by atoms with E-state index in [4.69, 9.17) is 16.3 Å². The number of fused-ring (bicyclic) bond motifs is 1. The molecule has 3 N–H and O–H groups in total. The Balaban J connectivity index is 1.66. The maximum absolute atomic E-state index is 12.8. The molecular weight excluding hydrogens is 569 g/mol. The van der Waals surface area contributed by atoms with E-state index >= 15 is 0 Å². The normalized spacial score (nSPS) is 11.7. The highest BCUT2D eigenvalue weighted by Crippen LogP contribution is 2.36. The number of aromatic nitrogens is 1. The van der Waals surface area contributed by atoms with Gasteiger partial charge in [-0.15, -0.1) is 13.2 Å². The van der Waals surface area contributed by atoms with Crippen LogP contribution in [-0.2, 0) is 10.0 Å². The van der Waals surface area contributed by atoms with Gasteiger partial charge in [0.1, 0.15) is 22.7 Å². The predicted molar refractivity (Wildman–Crippen MR) is 134 cm³/mol. The van der Waals surface area contributed by atoms with Crippen LogP contribution in [0.1, 0.15) is 10.5 Å². The van der Waals surface area contributed by atoms with E-state index < -0.39 is 38.7 Å². The molecule has 16 heteroatoms. The van der Waals surface area contributed by atoms with Crippen LogP contribution in [0, 0.1) is 10.1 Å². The van der Waals surface area contributed by atoms with Gasteiger partial charge in [0.15, 0.2) is 0 Å². The zero-order valence-electron chi connectivity index (χ0n) is 19.5. The van der Waals surface area contributed by atoms with E-state index in [2.05, 4.69) is 15.0 Å². The number of carbonyl (C=O) groups is 1. The minimum Gasteiger partial charge on any atom is -0.497 e. The second kappa shape index (κ2) is 10.3. The van der Waals surface area contributed by atoms with Crippen LogP contribution in [0.3, 0.4) is 0 Å². The fourth-order valence-corrected chi connectivity index (χ4v) is 4.71. The van der Waals surface area contributed by atoms with Crippen LogP contribution in [-0.4, -0.2) is 37.7 Å². The first-order valence-electron chi connectivity index (χ1n) is 10.6. The summed E-state index contributed by atoms with van der Waals surface area (Å²) in [7, 11) is -2.91. The summed E-state index contributed by atoms with van der Waals surface area (Å²) in [6.07, 6.45) is -4.95. The van der Waals surface area contributed by atoms with E-state index in [9.17, 15) is 36.5 Å². The second-order valence-electron chi connectivity index (χ2n) is 7.79. The molecule has 11 nitrogen and oxygen atoms in total. The maximum Gasteiger partial charge on any atom is 0.573 e. The van der Waals surface area contributed by atoms with Crippen molar-refractivity contribution in [2.45, 2.75) is 11.3 Å². The Labute approximate surface area is 222 Å². The Bertz CT molecular complexity index is 1690. The molecule has 0 aliphatic carbocycles. The predicted octanol–water partition coefficient (Wildman–Crippen LogP) is 5.50. The Kier molecular flexibility index (Phi) is 7.30. The zero-order chi connectivity index (χ0) is 28.5. The highest BCUT2D eigenvalue weighted by Gasteiger charge is 2.32. The van der Waals surface area contributed by atoms with Crippen LogP contribution in [0.2, 0.25) is 5.02 Å². The number of non-ortho nitro benzene ring substituents is 1. The largest absolute Gasteiger partial charge is 0.573 e. The highest BCUT2D eigenvalue weighted by molar-refractivity contribution is 7.90. The number of nitrogens with zero attached hydrogens (tertiary/aromatic N) is 1. The number of alkyl halides is 3. The van der Waals surface area contributed by atoms with Gasteiger partial charge >= 0.3 is 6.36 Å². The standard InChI is InChI=1S/C23H16ClF3N4O7S/c1-37-13-3-5-14(6-4-13)39(35,36)30-22(32)18-11-15-17(7-8-19(31(33)34)21(15)29-18)28-12-2-9-20(16(24)10-12)38-23(25,26)27/h2-11,28-29H,1H3,(H,30,32). The van der Waals surface area contributed by atoms with Crippen molar-refractivity contribution < 1.29 is 40.8 Å². The molecule has 1 amide bonds. The summed E-state index contributed by atoms with van der Waals surface area (Å²) in [5.74, 6) is -1.34. The molecule has 0 aliphatic rings. The number of aromatic amines is 1. The number of benzene rings is 3. The lowest BCUT2D eigenvalue weighted by atomic mass is 10.1. The molecule has 0 aliphatic heterocycles. The van der Waals surface area contributed by atoms with Crippen molar-refractivity contribution in [3.05, 3.63) is 81.5 Å². The Morgan fingerprint density at radius 1 is 1.08 bits per heavy atom. The number of sulfonamides is 1. The number of amides is 1. The summed E-state index contributed by atoms with van der Waals surface area (Å²) in [4.78, 5) is 26.0. The summed E-state index contributed by atoms with van der Waals surface area (Å²) in [5.41, 5.74) is -0.450. The molecule has 0 fully saturated rings. The van der Waals surface area contributed by atoms with Crippen LogP contribution in [0.5, 0.6) is 11.5 Å². The van der Waals surface area contributed by atoms with Crippen molar-refractivity contribution in [1.82, 2.24) is 9.71 Å². The van der Waals surface area contributed by atoms with Gasteiger partial charge in [0.2, 0.25) is 0 Å². The molecule has 1 heterocycles. The molecule has 0 saturated carbocycles. The molecule has 0 spiro atoms. The molecule has 1 aromatic heterocycles. The zero-order valence-corrected chi connectivity index (χ0v) is 21.1. The number of nitro groups is 1. The number of hydrogen-bond donors (Lipinski definition) is 3. The number of nitrogens with one attached hydrogen (secondary N) is 3. The number of nitro benzene ring substituents is 1. The van der Waals surface area contributed by atoms with E-state index in [1.54, 1.807) is 0 Å². The number of halogens is 4. The van der Waals surface area contributed by atoms with E-state index in [0.29, 0.717) is 5.75 Å². The number of anilines is 2. The molecule has 3 aromatic carbocycles. The quantitative estimate of drug-likeness (QED) is 0.181. The lowest BCUT2D eigenvalue weighted by molar-refractivity contribution is -0.383. The van der Waals surface area contributed by atoms with Crippen molar-refractivity contribution in [2.24, 2.45) is 0 Å². The number of hydrogen-bond acceptors (Lipinski definition) is 8. The minimum absolute atomic E-state index is 0.111. The first-order valence-corrected chi connectivity index (χ1v) is 12.5. The number of H-pyrrole nitrogens is 1. The molecule has 39 heavy (non-hydrogen) atoms. The van der Waals surface area contributed by atoms with Gasteiger partial charge in [0, 0.05) is 22.8 Å². The summed E-state index contributed by atoms with van der Waals surface area (Å²) in [5, 5.41) is 14.2. The van der Waals surface area contributed by atoms with Crippen LogP contribution in [0.15, 0.2) is 65.6 Å². The fourth-order valence-electron chi connectivity index (χ4n) is 3.52. The lowest BCUT2D eigenvalue weighted by Gasteiger charge is -2.13. The Morgan fingerprint density at radius 3 is 2.36 bits per heavy atom.